The highest BCUT2D eigenvalue weighted by atomic mass is 19.4. The highest BCUT2D eigenvalue weighted by Crippen LogP contribution is 2.36. The fourth-order valence-corrected chi connectivity index (χ4v) is 3.97. The molecule has 194 valence electrons. The predicted octanol–water partition coefficient (Wildman–Crippen LogP) is 4.94. The van der Waals surface area contributed by atoms with Gasteiger partial charge >= 0.3 is 6.18 Å². The van der Waals surface area contributed by atoms with Crippen LogP contribution in [-0.2, 0) is 17.5 Å². The zero-order chi connectivity index (χ0) is 26.4. The summed E-state index contributed by atoms with van der Waals surface area (Å²) in [5.74, 6) is -7.05. The molecule has 14 heteroatoms. The Hall–Kier alpha value is -3.29. The molecular formula is C22H18F8N4O2. The van der Waals surface area contributed by atoms with Gasteiger partial charge in [0, 0.05) is 17.8 Å². The van der Waals surface area contributed by atoms with E-state index in [1.54, 1.807) is 0 Å². The molecule has 0 bridgehead atoms. The second-order valence-electron chi connectivity index (χ2n) is 8.24. The summed E-state index contributed by atoms with van der Waals surface area (Å²) < 4.78 is 114. The monoisotopic (exact) mass is 522 g/mol. The van der Waals surface area contributed by atoms with Crippen LogP contribution in [-0.4, -0.2) is 64.0 Å². The van der Waals surface area contributed by atoms with E-state index in [1.807, 2.05) is 0 Å². The van der Waals surface area contributed by atoms with Gasteiger partial charge in [0.25, 0.3) is 18.3 Å². The molecule has 0 radical (unpaired) electrons. The van der Waals surface area contributed by atoms with E-state index in [0.29, 0.717) is 4.57 Å². The number of nitrogens with zero attached hydrogens (tertiary/aromatic N) is 4. The molecule has 0 saturated carbocycles. The fraction of sp³-hybridized carbons (Fsp3) is 0.409. The van der Waals surface area contributed by atoms with Crippen LogP contribution >= 0.6 is 0 Å². The van der Waals surface area contributed by atoms with E-state index >= 15 is 0 Å². The minimum atomic E-state index is -5.06. The predicted molar refractivity (Wildman–Crippen MR) is 110 cm³/mol. The van der Waals surface area contributed by atoms with Crippen LogP contribution in [0.25, 0.3) is 22.3 Å². The molecular weight excluding hydrogens is 504 g/mol. The number of alkyl halides is 7. The zero-order valence-electron chi connectivity index (χ0n) is 18.6. The largest absolute Gasteiger partial charge is 0.449 e. The number of carbonyl (C=O) groups excluding carboxylic acids is 1. The van der Waals surface area contributed by atoms with Crippen molar-refractivity contribution < 1.29 is 44.7 Å². The molecule has 6 nitrogen and oxygen atoms in total. The minimum Gasteiger partial charge on any atom is -0.373 e. The standard InChI is InChI=1S/C22H18F8N4O2/c1-11-6-15-18(32-20(22(28,29)30)34(15)8-16(24)25)17(31-11)12-2-3-13(14(23)7-12)19(35)33-4-5-36-10-21(26,27)9-33/h2-3,6-7,16H,4-5,8-10H2,1H3. The number of fused-ring (bicyclic) bond motifs is 1. The van der Waals surface area contributed by atoms with Crippen molar-refractivity contribution in [2.24, 2.45) is 0 Å². The molecule has 0 N–H and O–H groups in total. The van der Waals surface area contributed by atoms with Crippen LogP contribution in [0, 0.1) is 12.7 Å². The first-order valence-corrected chi connectivity index (χ1v) is 10.5. The maximum atomic E-state index is 15.0. The number of ether oxygens (including phenoxy) is 1. The first kappa shape index (κ1) is 25.8. The molecule has 3 heterocycles. The summed E-state index contributed by atoms with van der Waals surface area (Å²) in [6, 6.07) is 4.12. The fourth-order valence-electron chi connectivity index (χ4n) is 3.97. The maximum Gasteiger partial charge on any atom is 0.449 e. The van der Waals surface area contributed by atoms with Gasteiger partial charge in [-0.2, -0.15) is 13.2 Å². The third-order valence-corrected chi connectivity index (χ3v) is 5.44. The van der Waals surface area contributed by atoms with Crippen molar-refractivity contribution in [3.63, 3.8) is 0 Å². The van der Waals surface area contributed by atoms with Gasteiger partial charge in [0.05, 0.1) is 36.5 Å². The second kappa shape index (κ2) is 9.30. The van der Waals surface area contributed by atoms with Gasteiger partial charge in [-0.3, -0.25) is 9.78 Å². The number of amides is 1. The van der Waals surface area contributed by atoms with Crippen LogP contribution in [0.4, 0.5) is 35.1 Å². The number of pyridine rings is 1. The molecule has 0 atom stereocenters. The van der Waals surface area contributed by atoms with Gasteiger partial charge in [0.1, 0.15) is 17.9 Å². The van der Waals surface area contributed by atoms with Crippen molar-refractivity contribution in [3.8, 4) is 11.3 Å². The van der Waals surface area contributed by atoms with Crippen LogP contribution in [0.15, 0.2) is 24.3 Å². The topological polar surface area (TPSA) is 60.2 Å². The molecule has 1 aliphatic rings. The summed E-state index contributed by atoms with van der Waals surface area (Å²) in [6.07, 6.45) is -8.17. The normalized spacial score (nSPS) is 16.6. The smallest absolute Gasteiger partial charge is 0.373 e. The van der Waals surface area contributed by atoms with Crippen molar-refractivity contribution in [3.05, 3.63) is 47.2 Å². The highest BCUT2D eigenvalue weighted by molar-refractivity contribution is 5.96. The molecule has 0 unspecified atom stereocenters. The number of aryl methyl sites for hydroxylation is 1. The molecule has 1 aliphatic heterocycles. The van der Waals surface area contributed by atoms with Crippen LogP contribution in [0.2, 0.25) is 0 Å². The molecule has 1 saturated heterocycles. The summed E-state index contributed by atoms with van der Waals surface area (Å²) in [5.41, 5.74) is -1.38. The Balaban J connectivity index is 1.78. The average Bonchev–Trinajstić information content (AvgIpc) is 3.01. The van der Waals surface area contributed by atoms with E-state index in [0.717, 1.165) is 23.1 Å². The quantitative estimate of drug-likeness (QED) is 0.456. The Labute approximate surface area is 198 Å². The maximum absolute atomic E-state index is 15.0. The van der Waals surface area contributed by atoms with E-state index in [9.17, 15) is 39.9 Å². The van der Waals surface area contributed by atoms with Crippen LogP contribution < -0.4 is 0 Å². The van der Waals surface area contributed by atoms with Crippen LogP contribution in [0.3, 0.4) is 0 Å². The molecule has 0 aliphatic carbocycles. The van der Waals surface area contributed by atoms with Gasteiger partial charge in [0.15, 0.2) is 0 Å². The average molecular weight is 522 g/mol. The van der Waals surface area contributed by atoms with Gasteiger partial charge in [-0.25, -0.2) is 26.9 Å². The molecule has 4 rings (SSSR count). The van der Waals surface area contributed by atoms with E-state index in [1.165, 1.54) is 13.0 Å². The number of carbonyl (C=O) groups is 1. The van der Waals surface area contributed by atoms with Crippen molar-refractivity contribution in [2.45, 2.75) is 32.0 Å². The van der Waals surface area contributed by atoms with Gasteiger partial charge in [0.2, 0.25) is 5.82 Å². The number of halogens is 8. The lowest BCUT2D eigenvalue weighted by Gasteiger charge is -2.23. The second-order valence-corrected chi connectivity index (χ2v) is 8.24. The molecule has 36 heavy (non-hydrogen) atoms. The van der Waals surface area contributed by atoms with Crippen molar-refractivity contribution >= 4 is 16.9 Å². The lowest BCUT2D eigenvalue weighted by molar-refractivity contribution is -0.147. The summed E-state index contributed by atoms with van der Waals surface area (Å²) >= 11 is 0. The summed E-state index contributed by atoms with van der Waals surface area (Å²) in [6.45, 7) is -2.10. The Bertz CT molecular complexity index is 1310. The number of benzene rings is 1. The van der Waals surface area contributed by atoms with Gasteiger partial charge in [-0.1, -0.05) is 6.07 Å². The molecule has 1 aromatic carbocycles. The molecule has 3 aromatic rings. The van der Waals surface area contributed by atoms with Gasteiger partial charge in [-0.15, -0.1) is 0 Å². The first-order chi connectivity index (χ1) is 16.8. The number of hydrogen-bond acceptors (Lipinski definition) is 4. The Morgan fingerprint density at radius 1 is 1.19 bits per heavy atom. The number of rotatable bonds is 4. The van der Waals surface area contributed by atoms with E-state index in [4.69, 9.17) is 4.74 Å². The van der Waals surface area contributed by atoms with Crippen LogP contribution in [0.5, 0.6) is 0 Å². The number of imidazole rings is 1. The SMILES string of the molecule is Cc1cc2c(nc(C(F)(F)F)n2CC(F)F)c(-c2ccc(C(=O)N3CCOCC(F)(F)C3)c(F)c2)n1. The van der Waals surface area contributed by atoms with Gasteiger partial charge < -0.3 is 14.2 Å². The Kier molecular flexibility index (Phi) is 6.66. The van der Waals surface area contributed by atoms with E-state index in [2.05, 4.69) is 9.97 Å². The lowest BCUT2D eigenvalue weighted by atomic mass is 10.0. The molecule has 1 amide bonds. The first-order valence-electron chi connectivity index (χ1n) is 10.5. The summed E-state index contributed by atoms with van der Waals surface area (Å²) in [5, 5.41) is 0. The van der Waals surface area contributed by atoms with Crippen molar-refractivity contribution in [1.82, 2.24) is 19.4 Å². The molecule has 2 aromatic heterocycles. The lowest BCUT2D eigenvalue weighted by Crippen LogP contribution is -2.41. The summed E-state index contributed by atoms with van der Waals surface area (Å²) in [4.78, 5) is 21.1. The molecule has 1 fully saturated rings. The van der Waals surface area contributed by atoms with Gasteiger partial charge in [-0.05, 0) is 25.1 Å². The van der Waals surface area contributed by atoms with Crippen molar-refractivity contribution in [1.29, 1.82) is 0 Å². The summed E-state index contributed by atoms with van der Waals surface area (Å²) in [7, 11) is 0. The highest BCUT2D eigenvalue weighted by Gasteiger charge is 2.39. The number of hydrogen-bond donors (Lipinski definition) is 0. The third kappa shape index (κ3) is 5.13. The van der Waals surface area contributed by atoms with Crippen LogP contribution in [0.1, 0.15) is 21.9 Å². The number of aromatic nitrogens is 3. The van der Waals surface area contributed by atoms with Crippen molar-refractivity contribution in [2.75, 3.05) is 26.3 Å². The zero-order valence-corrected chi connectivity index (χ0v) is 18.6. The third-order valence-electron chi connectivity index (χ3n) is 5.44. The minimum absolute atomic E-state index is 0.0855. The Morgan fingerprint density at radius 3 is 2.56 bits per heavy atom. The van der Waals surface area contributed by atoms with E-state index < -0.39 is 66.8 Å². The van der Waals surface area contributed by atoms with E-state index in [-0.39, 0.29) is 35.6 Å². The Morgan fingerprint density at radius 2 is 1.92 bits per heavy atom. The molecule has 0 spiro atoms.